The Morgan fingerprint density at radius 1 is 1.22 bits per heavy atom. The second kappa shape index (κ2) is 2.25. The molecule has 0 N–H and O–H groups in total. The zero-order chi connectivity index (χ0) is 7.71. The Hall–Kier alpha value is -0.120. The Balaban J connectivity index is 4.32. The third-order valence-corrected chi connectivity index (χ3v) is 1.61. The highest BCUT2D eigenvalue weighted by Gasteiger charge is 2.45. The maximum absolute atomic E-state index is 11.7. The highest BCUT2D eigenvalue weighted by atomic mass is 32.1. The minimum absolute atomic E-state index is 0.729. The van der Waals surface area contributed by atoms with E-state index in [4.69, 9.17) is 0 Å². The monoisotopic (exact) mass is 156 g/mol. The molecule has 9 heavy (non-hydrogen) atoms. The van der Waals surface area contributed by atoms with Crippen LogP contribution in [0.4, 0.5) is 13.2 Å². The van der Waals surface area contributed by atoms with Crippen molar-refractivity contribution in [1.82, 2.24) is 0 Å². The van der Waals surface area contributed by atoms with E-state index >= 15 is 0 Å². The molecule has 0 aliphatic heterocycles. The van der Waals surface area contributed by atoms with Crippen LogP contribution in [0.3, 0.4) is 0 Å². The number of rotatable bonds is 1. The second-order valence-corrected chi connectivity index (χ2v) is 2.57. The zero-order valence-electron chi connectivity index (χ0n) is 5.12. The van der Waals surface area contributed by atoms with Crippen LogP contribution in [0.5, 0.6) is 0 Å². The third-order valence-electron chi connectivity index (χ3n) is 1.03. The molecule has 0 aliphatic carbocycles. The molecule has 0 heterocycles. The van der Waals surface area contributed by atoms with Crippen LogP contribution in [0.25, 0.3) is 0 Å². The van der Waals surface area contributed by atoms with Crippen molar-refractivity contribution in [2.24, 2.45) is 5.41 Å². The molecule has 0 nitrogen and oxygen atoms in total. The molecule has 0 amide bonds. The maximum Gasteiger partial charge on any atom is 0.398 e. The lowest BCUT2D eigenvalue weighted by Crippen LogP contribution is -2.32. The Bertz CT molecular complexity index is 114. The molecule has 0 aliphatic rings. The minimum atomic E-state index is -4.21. The highest BCUT2D eigenvalue weighted by Crippen LogP contribution is 2.35. The molecule has 0 saturated carbocycles. The van der Waals surface area contributed by atoms with E-state index in [-0.39, 0.29) is 0 Å². The van der Waals surface area contributed by atoms with Crippen LogP contribution < -0.4 is 0 Å². The first kappa shape index (κ1) is 8.88. The molecule has 0 aromatic rings. The first-order valence-corrected chi connectivity index (χ1v) is 2.81. The van der Waals surface area contributed by atoms with Crippen LogP contribution in [-0.2, 0) is 0 Å². The van der Waals surface area contributed by atoms with Gasteiger partial charge in [0, 0.05) is 0 Å². The predicted octanol–water partition coefficient (Wildman–Crippen LogP) is 2.57. The van der Waals surface area contributed by atoms with Crippen molar-refractivity contribution in [1.29, 1.82) is 0 Å². The van der Waals surface area contributed by atoms with Gasteiger partial charge in [-0.3, -0.25) is 0 Å². The van der Waals surface area contributed by atoms with Gasteiger partial charge in [0.25, 0.3) is 0 Å². The molecule has 4 heteroatoms. The fourth-order valence-electron chi connectivity index (χ4n) is 0.0668. The van der Waals surface area contributed by atoms with Crippen molar-refractivity contribution in [3.05, 3.63) is 0 Å². The third kappa shape index (κ3) is 1.93. The van der Waals surface area contributed by atoms with Crippen LogP contribution in [0, 0.1) is 5.41 Å². The van der Waals surface area contributed by atoms with Gasteiger partial charge in [0.15, 0.2) is 0 Å². The van der Waals surface area contributed by atoms with Gasteiger partial charge in [-0.25, -0.2) is 0 Å². The van der Waals surface area contributed by atoms with Gasteiger partial charge in [-0.15, -0.1) is 0 Å². The van der Waals surface area contributed by atoms with Gasteiger partial charge < -0.3 is 0 Å². The van der Waals surface area contributed by atoms with Crippen LogP contribution in [-0.4, -0.2) is 11.5 Å². The van der Waals surface area contributed by atoms with Gasteiger partial charge >= 0.3 is 6.18 Å². The maximum atomic E-state index is 11.7. The average Bonchev–Trinajstić information content (AvgIpc) is 1.64. The lowest BCUT2D eigenvalue weighted by atomic mass is 9.96. The highest BCUT2D eigenvalue weighted by molar-refractivity contribution is 7.79. The summed E-state index contributed by atoms with van der Waals surface area (Å²) in [5.74, 6) is 0. The van der Waals surface area contributed by atoms with Gasteiger partial charge in [0.05, 0.1) is 5.41 Å². The lowest BCUT2D eigenvalue weighted by molar-refractivity contribution is -0.183. The van der Waals surface area contributed by atoms with Crippen LogP contribution in [0.1, 0.15) is 13.8 Å². The number of halogens is 3. The topological polar surface area (TPSA) is 0 Å². The quantitative estimate of drug-likeness (QED) is 0.526. The molecule has 0 aromatic heterocycles. The van der Waals surface area contributed by atoms with Crippen molar-refractivity contribution < 1.29 is 13.2 Å². The predicted molar refractivity (Wildman–Crippen MR) is 33.5 cm³/mol. The summed E-state index contributed by atoms with van der Waals surface area (Å²) < 4.78 is 35.2. The summed E-state index contributed by atoms with van der Waals surface area (Å²) in [6, 6.07) is 0. The summed E-state index contributed by atoms with van der Waals surface area (Å²) in [5, 5.41) is 0.729. The molecule has 54 valence electrons. The summed E-state index contributed by atoms with van der Waals surface area (Å²) >= 11 is 4.19. The van der Waals surface area contributed by atoms with Gasteiger partial charge in [0.1, 0.15) is 0 Å². The van der Waals surface area contributed by atoms with E-state index in [1.54, 1.807) is 0 Å². The van der Waals surface area contributed by atoms with Gasteiger partial charge in [-0.05, 0) is 19.2 Å². The summed E-state index contributed by atoms with van der Waals surface area (Å²) in [5.41, 5.74) is -1.83. The summed E-state index contributed by atoms with van der Waals surface area (Å²) in [7, 11) is 0. The van der Waals surface area contributed by atoms with Crippen LogP contribution in [0.15, 0.2) is 0 Å². The number of hydrogen-bond acceptors (Lipinski definition) is 1. The zero-order valence-corrected chi connectivity index (χ0v) is 5.94. The molecule has 0 spiro atoms. The largest absolute Gasteiger partial charge is 0.398 e. The van der Waals surface area contributed by atoms with Crippen molar-refractivity contribution in [3.63, 3.8) is 0 Å². The Morgan fingerprint density at radius 2 is 1.56 bits per heavy atom. The summed E-state index contributed by atoms with van der Waals surface area (Å²) in [4.78, 5) is 0. The van der Waals surface area contributed by atoms with Crippen LogP contribution >= 0.6 is 12.2 Å². The molecule has 0 aromatic carbocycles. The van der Waals surface area contributed by atoms with Gasteiger partial charge in [-0.2, -0.15) is 13.2 Å². The van der Waals surface area contributed by atoms with Crippen molar-refractivity contribution in [2.75, 3.05) is 0 Å². The van der Waals surface area contributed by atoms with Crippen molar-refractivity contribution >= 4 is 17.6 Å². The first-order valence-electron chi connectivity index (χ1n) is 2.34. The van der Waals surface area contributed by atoms with E-state index in [1.807, 2.05) is 0 Å². The average molecular weight is 156 g/mol. The van der Waals surface area contributed by atoms with E-state index in [0.717, 1.165) is 19.2 Å². The molecule has 0 fully saturated rings. The first-order chi connectivity index (χ1) is 3.81. The van der Waals surface area contributed by atoms with E-state index in [0.29, 0.717) is 0 Å². The molecular weight excluding hydrogens is 149 g/mol. The molecular formula is C5H7F3S. The lowest BCUT2D eigenvalue weighted by Gasteiger charge is -2.21. The normalized spacial score (nSPS) is 13.4. The molecule has 0 radical (unpaired) electrons. The van der Waals surface area contributed by atoms with Crippen LogP contribution in [0.2, 0.25) is 0 Å². The SMILES string of the molecule is CC(C)(C=S)C(F)(F)F. The fraction of sp³-hybridized carbons (Fsp3) is 0.800. The van der Waals surface area contributed by atoms with Crippen molar-refractivity contribution in [2.45, 2.75) is 20.0 Å². The van der Waals surface area contributed by atoms with E-state index in [2.05, 4.69) is 12.2 Å². The van der Waals surface area contributed by atoms with Gasteiger partial charge in [0.2, 0.25) is 0 Å². The summed E-state index contributed by atoms with van der Waals surface area (Å²) in [6.45, 7) is 2.08. The molecule has 0 rings (SSSR count). The standard InChI is InChI=1S/C5H7F3S/c1-4(2,3-9)5(6,7)8/h3H,1-2H3. The molecule has 0 saturated heterocycles. The fourth-order valence-corrected chi connectivity index (χ4v) is 0.200. The second-order valence-electron chi connectivity index (χ2n) is 2.34. The number of alkyl halides is 3. The minimum Gasteiger partial charge on any atom is -0.170 e. The van der Waals surface area contributed by atoms with Gasteiger partial charge in [-0.1, -0.05) is 12.2 Å². The number of thiocarbonyl (C=S) groups is 1. The van der Waals surface area contributed by atoms with E-state index in [1.165, 1.54) is 0 Å². The smallest absolute Gasteiger partial charge is 0.170 e. The molecule has 0 atom stereocenters. The Morgan fingerprint density at radius 3 is 1.56 bits per heavy atom. The van der Waals surface area contributed by atoms with Crippen molar-refractivity contribution in [3.8, 4) is 0 Å². The summed E-state index contributed by atoms with van der Waals surface area (Å²) in [6.07, 6.45) is -4.21. The molecule has 0 unspecified atom stereocenters. The van der Waals surface area contributed by atoms with E-state index < -0.39 is 11.6 Å². The Labute approximate surface area is 57.1 Å². The molecule has 0 bridgehead atoms. The van der Waals surface area contributed by atoms with E-state index in [9.17, 15) is 13.2 Å². The number of hydrogen-bond donors (Lipinski definition) is 0. The Kier molecular flexibility index (Phi) is 2.22.